The van der Waals surface area contributed by atoms with Crippen molar-refractivity contribution in [1.82, 2.24) is 10.6 Å². The van der Waals surface area contributed by atoms with E-state index in [1.54, 1.807) is 7.11 Å². The van der Waals surface area contributed by atoms with E-state index in [2.05, 4.69) is 22.5 Å². The lowest BCUT2D eigenvalue weighted by atomic mass is 10.2. The lowest BCUT2D eigenvalue weighted by molar-refractivity contribution is 0.414. The van der Waals surface area contributed by atoms with Crippen molar-refractivity contribution in [3.8, 4) is 5.75 Å². The van der Waals surface area contributed by atoms with Gasteiger partial charge in [0, 0.05) is 12.6 Å². The van der Waals surface area contributed by atoms with Crippen molar-refractivity contribution in [1.29, 1.82) is 0 Å². The maximum Gasteiger partial charge on any atom is 0.191 e. The molecule has 0 aromatic heterocycles. The Labute approximate surface area is 108 Å². The minimum absolute atomic E-state index is 0.624. The molecule has 1 aromatic rings. The van der Waals surface area contributed by atoms with Crippen LogP contribution in [0.3, 0.4) is 0 Å². The lowest BCUT2D eigenvalue weighted by Gasteiger charge is -2.10. The molecule has 1 saturated carbocycles. The Morgan fingerprint density at radius 2 is 2.06 bits per heavy atom. The summed E-state index contributed by atoms with van der Waals surface area (Å²) >= 11 is 0. The van der Waals surface area contributed by atoms with Crippen LogP contribution < -0.4 is 15.4 Å². The number of benzene rings is 1. The summed E-state index contributed by atoms with van der Waals surface area (Å²) in [6.07, 6.45) is 2.51. The predicted octanol–water partition coefficient (Wildman–Crippen LogP) is 1.91. The fraction of sp³-hybridized carbons (Fsp3) is 0.500. The zero-order chi connectivity index (χ0) is 12.8. The smallest absolute Gasteiger partial charge is 0.191 e. The van der Waals surface area contributed by atoms with Crippen molar-refractivity contribution in [2.45, 2.75) is 32.4 Å². The van der Waals surface area contributed by atoms with Crippen molar-refractivity contribution >= 4 is 5.96 Å². The van der Waals surface area contributed by atoms with Crippen molar-refractivity contribution in [3.05, 3.63) is 29.8 Å². The van der Waals surface area contributed by atoms with E-state index < -0.39 is 0 Å². The van der Waals surface area contributed by atoms with Crippen LogP contribution in [0.1, 0.15) is 25.3 Å². The Balaban J connectivity index is 1.92. The summed E-state index contributed by atoms with van der Waals surface area (Å²) in [5, 5.41) is 6.66. The van der Waals surface area contributed by atoms with E-state index >= 15 is 0 Å². The molecule has 1 fully saturated rings. The molecule has 98 valence electrons. The van der Waals surface area contributed by atoms with Crippen molar-refractivity contribution < 1.29 is 4.74 Å². The van der Waals surface area contributed by atoms with Gasteiger partial charge in [0.05, 0.1) is 13.7 Å². The highest BCUT2D eigenvalue weighted by molar-refractivity contribution is 5.80. The van der Waals surface area contributed by atoms with E-state index in [0.717, 1.165) is 18.3 Å². The van der Waals surface area contributed by atoms with Crippen LogP contribution in [0.25, 0.3) is 0 Å². The van der Waals surface area contributed by atoms with Gasteiger partial charge in [0.2, 0.25) is 0 Å². The highest BCUT2D eigenvalue weighted by atomic mass is 16.5. The Bertz CT molecular complexity index is 396. The van der Waals surface area contributed by atoms with Crippen LogP contribution in [-0.2, 0) is 6.54 Å². The summed E-state index contributed by atoms with van der Waals surface area (Å²) in [7, 11) is 1.68. The van der Waals surface area contributed by atoms with Gasteiger partial charge in [0.15, 0.2) is 5.96 Å². The molecule has 18 heavy (non-hydrogen) atoms. The summed E-state index contributed by atoms with van der Waals surface area (Å²) in [6, 6.07) is 8.64. The third kappa shape index (κ3) is 3.95. The minimum Gasteiger partial charge on any atom is -0.497 e. The summed E-state index contributed by atoms with van der Waals surface area (Å²) < 4.78 is 5.13. The quantitative estimate of drug-likeness (QED) is 0.617. The molecule has 2 N–H and O–H groups in total. The molecule has 0 spiro atoms. The predicted molar refractivity (Wildman–Crippen MR) is 74.0 cm³/mol. The summed E-state index contributed by atoms with van der Waals surface area (Å²) in [5.41, 5.74) is 1.18. The molecule has 4 heteroatoms. The number of rotatable bonds is 5. The maximum atomic E-state index is 5.13. The van der Waals surface area contributed by atoms with E-state index in [-0.39, 0.29) is 0 Å². The van der Waals surface area contributed by atoms with Crippen LogP contribution in [0.15, 0.2) is 29.3 Å². The maximum absolute atomic E-state index is 5.13. The molecule has 0 aliphatic heterocycles. The zero-order valence-electron chi connectivity index (χ0n) is 11.1. The van der Waals surface area contributed by atoms with Crippen LogP contribution >= 0.6 is 0 Å². The minimum atomic E-state index is 0.624. The van der Waals surface area contributed by atoms with Crippen LogP contribution in [0.4, 0.5) is 0 Å². The van der Waals surface area contributed by atoms with Crippen molar-refractivity contribution in [2.75, 3.05) is 13.7 Å². The Kier molecular flexibility index (Phi) is 4.45. The van der Waals surface area contributed by atoms with Gasteiger partial charge in [-0.3, -0.25) is 0 Å². The Hall–Kier alpha value is -1.71. The van der Waals surface area contributed by atoms with Gasteiger partial charge >= 0.3 is 0 Å². The Morgan fingerprint density at radius 1 is 1.33 bits per heavy atom. The number of hydrogen-bond donors (Lipinski definition) is 2. The van der Waals surface area contributed by atoms with Gasteiger partial charge in [0.1, 0.15) is 5.75 Å². The second-order valence-electron chi connectivity index (χ2n) is 4.46. The second-order valence-corrected chi connectivity index (χ2v) is 4.46. The molecule has 1 aliphatic carbocycles. The average molecular weight is 247 g/mol. The fourth-order valence-corrected chi connectivity index (χ4v) is 1.64. The molecule has 1 aromatic carbocycles. The molecular formula is C14H21N3O. The number of nitrogens with zero attached hydrogens (tertiary/aromatic N) is 1. The van der Waals surface area contributed by atoms with Crippen molar-refractivity contribution in [3.63, 3.8) is 0 Å². The zero-order valence-corrected chi connectivity index (χ0v) is 11.1. The molecule has 0 radical (unpaired) electrons. The largest absolute Gasteiger partial charge is 0.497 e. The van der Waals surface area contributed by atoms with Gasteiger partial charge in [0.25, 0.3) is 0 Å². The number of methoxy groups -OCH3 is 1. The topological polar surface area (TPSA) is 45.7 Å². The number of aliphatic imine (C=N–C) groups is 1. The van der Waals surface area contributed by atoms with E-state index in [4.69, 9.17) is 4.74 Å². The van der Waals surface area contributed by atoms with Gasteiger partial charge in [-0.05, 0) is 37.5 Å². The monoisotopic (exact) mass is 247 g/mol. The number of hydrogen-bond acceptors (Lipinski definition) is 2. The molecule has 1 aliphatic rings. The van der Waals surface area contributed by atoms with Gasteiger partial charge in [-0.2, -0.15) is 0 Å². The summed E-state index contributed by atoms with van der Waals surface area (Å²) in [4.78, 5) is 4.57. The van der Waals surface area contributed by atoms with Crippen LogP contribution in [0.5, 0.6) is 5.75 Å². The van der Waals surface area contributed by atoms with Gasteiger partial charge < -0.3 is 15.4 Å². The molecule has 4 nitrogen and oxygen atoms in total. The van der Waals surface area contributed by atoms with Gasteiger partial charge in [-0.15, -0.1) is 0 Å². The van der Waals surface area contributed by atoms with Crippen LogP contribution in [0, 0.1) is 0 Å². The van der Waals surface area contributed by atoms with E-state index in [1.165, 1.54) is 18.4 Å². The molecule has 0 heterocycles. The van der Waals surface area contributed by atoms with Crippen LogP contribution in [-0.4, -0.2) is 25.7 Å². The van der Waals surface area contributed by atoms with E-state index in [0.29, 0.717) is 12.6 Å². The molecule has 0 atom stereocenters. The number of ether oxygens (including phenoxy) is 1. The number of nitrogens with one attached hydrogen (secondary N) is 2. The number of guanidine groups is 1. The highest BCUT2D eigenvalue weighted by Crippen LogP contribution is 2.18. The molecule has 0 unspecified atom stereocenters. The van der Waals surface area contributed by atoms with Gasteiger partial charge in [-0.1, -0.05) is 12.1 Å². The average Bonchev–Trinajstić information content (AvgIpc) is 3.21. The Morgan fingerprint density at radius 3 is 2.61 bits per heavy atom. The van der Waals surface area contributed by atoms with E-state index in [9.17, 15) is 0 Å². The first-order valence-electron chi connectivity index (χ1n) is 6.49. The summed E-state index contributed by atoms with van der Waals surface area (Å²) in [5.74, 6) is 1.79. The third-order valence-corrected chi connectivity index (χ3v) is 2.84. The highest BCUT2D eigenvalue weighted by Gasteiger charge is 2.21. The van der Waals surface area contributed by atoms with Crippen molar-refractivity contribution in [2.24, 2.45) is 4.99 Å². The molecule has 2 rings (SSSR count). The fourth-order valence-electron chi connectivity index (χ4n) is 1.64. The first kappa shape index (κ1) is 12.7. The van der Waals surface area contributed by atoms with E-state index in [1.807, 2.05) is 24.3 Å². The standard InChI is InChI=1S/C14H21N3O/c1-3-15-14(17-12-6-7-12)16-10-11-4-8-13(18-2)9-5-11/h4-5,8-9,12H,3,6-7,10H2,1-2H3,(H2,15,16,17). The second kappa shape index (κ2) is 6.28. The SMILES string of the molecule is CCNC(=NCc1ccc(OC)cc1)NC1CC1. The lowest BCUT2D eigenvalue weighted by Crippen LogP contribution is -2.38. The normalized spacial score (nSPS) is 15.3. The first-order chi connectivity index (χ1) is 8.81. The van der Waals surface area contributed by atoms with Gasteiger partial charge in [-0.25, -0.2) is 4.99 Å². The molecular weight excluding hydrogens is 226 g/mol. The third-order valence-electron chi connectivity index (χ3n) is 2.84. The molecule has 0 amide bonds. The van der Waals surface area contributed by atoms with Crippen LogP contribution in [0.2, 0.25) is 0 Å². The summed E-state index contributed by atoms with van der Waals surface area (Å²) in [6.45, 7) is 3.66. The first-order valence-corrected chi connectivity index (χ1v) is 6.49. The molecule has 0 saturated heterocycles. The molecule has 0 bridgehead atoms.